The van der Waals surface area contributed by atoms with Crippen molar-refractivity contribution >= 4 is 11.8 Å². The van der Waals surface area contributed by atoms with Gasteiger partial charge in [-0.25, -0.2) is 0 Å². The van der Waals surface area contributed by atoms with Crippen LogP contribution in [0.25, 0.3) is 0 Å². The summed E-state index contributed by atoms with van der Waals surface area (Å²) in [5.41, 5.74) is 1.90. The van der Waals surface area contributed by atoms with Gasteiger partial charge in [0.05, 0.1) is 18.8 Å². The van der Waals surface area contributed by atoms with Gasteiger partial charge in [-0.2, -0.15) is 0 Å². The van der Waals surface area contributed by atoms with Crippen molar-refractivity contribution in [1.82, 2.24) is 10.6 Å². The van der Waals surface area contributed by atoms with Crippen molar-refractivity contribution in [3.63, 3.8) is 0 Å². The van der Waals surface area contributed by atoms with Crippen LogP contribution in [0.5, 0.6) is 0 Å². The Morgan fingerprint density at radius 3 is 2.43 bits per heavy atom. The summed E-state index contributed by atoms with van der Waals surface area (Å²) in [5.74, 6) is -0.283. The minimum Gasteiger partial charge on any atom is -0.371 e. The average Bonchev–Trinajstić information content (AvgIpc) is 2.49. The smallest absolute Gasteiger partial charge is 0.239 e. The number of ether oxygens (including phenoxy) is 1. The number of nitrogens with one attached hydrogen (secondary N) is 2. The second-order valence-electron chi connectivity index (χ2n) is 6.52. The van der Waals surface area contributed by atoms with Gasteiger partial charge in [-0.15, -0.1) is 0 Å². The molecular weight excluding hydrogens is 292 g/mol. The van der Waals surface area contributed by atoms with Gasteiger partial charge in [-0.05, 0) is 38.3 Å². The Balaban J connectivity index is 2.39. The molecular formula is C18H28N2O3. The van der Waals surface area contributed by atoms with Crippen molar-refractivity contribution in [1.29, 1.82) is 0 Å². The highest BCUT2D eigenvalue weighted by Gasteiger charge is 2.10. The zero-order chi connectivity index (χ0) is 17.3. The molecule has 0 aliphatic heterocycles. The largest absolute Gasteiger partial charge is 0.371 e. The van der Waals surface area contributed by atoms with Gasteiger partial charge >= 0.3 is 0 Å². The van der Waals surface area contributed by atoms with Gasteiger partial charge in [0.15, 0.2) is 0 Å². The SMILES string of the molecule is CCCC(=O)NCC(=O)NCc1cccc(COC(C)(C)C)c1. The quantitative estimate of drug-likeness (QED) is 0.773. The Morgan fingerprint density at radius 1 is 1.09 bits per heavy atom. The van der Waals surface area contributed by atoms with E-state index < -0.39 is 0 Å². The third kappa shape index (κ3) is 8.98. The van der Waals surface area contributed by atoms with Crippen molar-refractivity contribution in [2.75, 3.05) is 6.54 Å². The molecule has 5 nitrogen and oxygen atoms in total. The van der Waals surface area contributed by atoms with Gasteiger partial charge in [0.25, 0.3) is 0 Å². The molecule has 0 aliphatic carbocycles. The van der Waals surface area contributed by atoms with Gasteiger partial charge < -0.3 is 15.4 Å². The highest BCUT2D eigenvalue weighted by molar-refractivity contribution is 5.84. The normalized spacial score (nSPS) is 11.1. The predicted molar refractivity (Wildman–Crippen MR) is 90.7 cm³/mol. The molecule has 0 heterocycles. The predicted octanol–water partition coefficient (Wildman–Crippen LogP) is 2.53. The molecule has 1 aromatic rings. The maximum Gasteiger partial charge on any atom is 0.239 e. The number of carbonyl (C=O) groups is 2. The van der Waals surface area contributed by atoms with Crippen LogP contribution in [0.2, 0.25) is 0 Å². The highest BCUT2D eigenvalue weighted by atomic mass is 16.5. The first-order valence-electron chi connectivity index (χ1n) is 8.05. The monoisotopic (exact) mass is 320 g/mol. The lowest BCUT2D eigenvalue weighted by atomic mass is 10.1. The second kappa shape index (κ2) is 9.30. The first kappa shape index (κ1) is 19.2. The van der Waals surface area contributed by atoms with E-state index in [1.54, 1.807) is 0 Å². The van der Waals surface area contributed by atoms with Gasteiger partial charge in [0.2, 0.25) is 11.8 Å². The summed E-state index contributed by atoms with van der Waals surface area (Å²) in [6.45, 7) is 8.98. The summed E-state index contributed by atoms with van der Waals surface area (Å²) in [4.78, 5) is 23.0. The molecule has 0 spiro atoms. The van der Waals surface area contributed by atoms with E-state index in [0.717, 1.165) is 17.5 Å². The molecule has 0 radical (unpaired) electrons. The molecule has 2 N–H and O–H groups in total. The summed E-state index contributed by atoms with van der Waals surface area (Å²) in [7, 11) is 0. The molecule has 128 valence electrons. The van der Waals surface area contributed by atoms with Gasteiger partial charge in [-0.3, -0.25) is 9.59 Å². The van der Waals surface area contributed by atoms with E-state index in [1.807, 2.05) is 52.0 Å². The molecule has 2 amide bonds. The molecule has 0 unspecified atom stereocenters. The van der Waals surface area contributed by atoms with E-state index in [9.17, 15) is 9.59 Å². The lowest BCUT2D eigenvalue weighted by Crippen LogP contribution is -2.36. The lowest BCUT2D eigenvalue weighted by Gasteiger charge is -2.19. The molecule has 0 saturated heterocycles. The molecule has 0 atom stereocenters. The van der Waals surface area contributed by atoms with E-state index in [1.165, 1.54) is 0 Å². The molecule has 0 bridgehead atoms. The topological polar surface area (TPSA) is 67.4 Å². The van der Waals surface area contributed by atoms with Crippen molar-refractivity contribution in [2.45, 2.75) is 59.3 Å². The van der Waals surface area contributed by atoms with Crippen molar-refractivity contribution in [3.8, 4) is 0 Å². The Bertz CT molecular complexity index is 521. The molecule has 0 aromatic heterocycles. The van der Waals surface area contributed by atoms with Gasteiger partial charge in [0.1, 0.15) is 0 Å². The Kier molecular flexibility index (Phi) is 7.75. The van der Waals surface area contributed by atoms with E-state index in [4.69, 9.17) is 4.74 Å². The number of rotatable bonds is 8. The minimum atomic E-state index is -0.189. The lowest BCUT2D eigenvalue weighted by molar-refractivity contribution is -0.126. The van der Waals surface area contributed by atoms with Crippen LogP contribution in [-0.2, 0) is 27.5 Å². The van der Waals surface area contributed by atoms with E-state index in [-0.39, 0.29) is 24.0 Å². The Morgan fingerprint density at radius 2 is 1.78 bits per heavy atom. The number of amides is 2. The fourth-order valence-electron chi connectivity index (χ4n) is 1.89. The first-order valence-corrected chi connectivity index (χ1v) is 8.05. The van der Waals surface area contributed by atoms with Crippen LogP contribution in [0, 0.1) is 0 Å². The van der Waals surface area contributed by atoms with Crippen LogP contribution in [0.15, 0.2) is 24.3 Å². The Hall–Kier alpha value is -1.88. The third-order valence-corrected chi connectivity index (χ3v) is 3.08. The van der Waals surface area contributed by atoms with Crippen molar-refractivity contribution < 1.29 is 14.3 Å². The molecule has 1 rings (SSSR count). The maximum atomic E-state index is 11.7. The van der Waals surface area contributed by atoms with Crippen molar-refractivity contribution in [3.05, 3.63) is 35.4 Å². The average molecular weight is 320 g/mol. The summed E-state index contributed by atoms with van der Waals surface area (Å²) < 4.78 is 5.75. The molecule has 0 fully saturated rings. The summed E-state index contributed by atoms with van der Waals surface area (Å²) in [5, 5.41) is 5.40. The summed E-state index contributed by atoms with van der Waals surface area (Å²) in [6, 6.07) is 7.92. The van der Waals surface area contributed by atoms with Gasteiger partial charge in [0, 0.05) is 13.0 Å². The fraction of sp³-hybridized carbons (Fsp3) is 0.556. The van der Waals surface area contributed by atoms with E-state index >= 15 is 0 Å². The molecule has 5 heteroatoms. The van der Waals surface area contributed by atoms with Crippen LogP contribution in [0.1, 0.15) is 51.7 Å². The Labute approximate surface area is 138 Å². The van der Waals surface area contributed by atoms with Crippen molar-refractivity contribution in [2.24, 2.45) is 0 Å². The highest BCUT2D eigenvalue weighted by Crippen LogP contribution is 2.13. The number of carbonyl (C=O) groups excluding carboxylic acids is 2. The second-order valence-corrected chi connectivity index (χ2v) is 6.52. The molecule has 1 aromatic carbocycles. The third-order valence-electron chi connectivity index (χ3n) is 3.08. The number of hydrogen-bond donors (Lipinski definition) is 2. The summed E-state index contributed by atoms with van der Waals surface area (Å²) in [6.07, 6.45) is 1.22. The minimum absolute atomic E-state index is 0.0195. The zero-order valence-corrected chi connectivity index (χ0v) is 14.6. The van der Waals surface area contributed by atoms with Gasteiger partial charge in [-0.1, -0.05) is 31.2 Å². The molecule has 0 aliphatic rings. The van der Waals surface area contributed by atoms with Crippen LogP contribution in [-0.4, -0.2) is 24.0 Å². The van der Waals surface area contributed by atoms with E-state index in [2.05, 4.69) is 10.6 Å². The van der Waals surface area contributed by atoms with E-state index in [0.29, 0.717) is 19.6 Å². The maximum absolute atomic E-state index is 11.7. The summed E-state index contributed by atoms with van der Waals surface area (Å²) >= 11 is 0. The fourth-order valence-corrected chi connectivity index (χ4v) is 1.89. The first-order chi connectivity index (χ1) is 10.8. The van der Waals surface area contributed by atoms with Crippen LogP contribution < -0.4 is 10.6 Å². The van der Waals surface area contributed by atoms with Crippen LogP contribution in [0.3, 0.4) is 0 Å². The number of benzene rings is 1. The number of hydrogen-bond acceptors (Lipinski definition) is 3. The standard InChI is InChI=1S/C18H28N2O3/c1-5-7-16(21)20-12-17(22)19-11-14-8-6-9-15(10-14)13-23-18(2,3)4/h6,8-10H,5,7,11-13H2,1-4H3,(H,19,22)(H,20,21). The zero-order valence-electron chi connectivity index (χ0n) is 14.6. The van der Waals surface area contributed by atoms with Crippen LogP contribution >= 0.6 is 0 Å². The van der Waals surface area contributed by atoms with Crippen LogP contribution in [0.4, 0.5) is 0 Å². The molecule has 0 saturated carbocycles. The molecule has 23 heavy (non-hydrogen) atoms.